The van der Waals surface area contributed by atoms with E-state index in [9.17, 15) is 0 Å². The molecule has 3 heterocycles. The van der Waals surface area contributed by atoms with Gasteiger partial charge in [0, 0.05) is 42.0 Å². The molecule has 0 fully saturated rings. The van der Waals surface area contributed by atoms with E-state index in [4.69, 9.17) is 4.74 Å². The van der Waals surface area contributed by atoms with Crippen molar-refractivity contribution in [1.29, 1.82) is 0 Å². The average Bonchev–Trinajstić information content (AvgIpc) is 3.27. The van der Waals surface area contributed by atoms with E-state index >= 15 is 0 Å². The van der Waals surface area contributed by atoms with E-state index in [1.807, 2.05) is 47.4 Å². The van der Waals surface area contributed by atoms with E-state index in [-0.39, 0.29) is 0 Å². The summed E-state index contributed by atoms with van der Waals surface area (Å²) in [5.41, 5.74) is 5.59. The third kappa shape index (κ3) is 4.57. The summed E-state index contributed by atoms with van der Waals surface area (Å²) in [5, 5.41) is 4.34. The maximum Gasteiger partial charge on any atom is 0.227 e. The summed E-state index contributed by atoms with van der Waals surface area (Å²) in [5.74, 6) is 1.37. The molecular weight excluding hydrogens is 372 g/mol. The third-order valence-electron chi connectivity index (χ3n) is 5.14. The zero-order chi connectivity index (χ0) is 20.8. The van der Waals surface area contributed by atoms with Crippen LogP contribution in [0.1, 0.15) is 30.7 Å². The molecule has 4 rings (SSSR count). The smallest absolute Gasteiger partial charge is 0.227 e. The molecule has 0 bridgehead atoms. The predicted molar refractivity (Wildman–Crippen MR) is 119 cm³/mol. The second-order valence-electron chi connectivity index (χ2n) is 7.16. The van der Waals surface area contributed by atoms with Gasteiger partial charge in [-0.05, 0) is 67.6 Å². The number of aryl methyl sites for hydroxylation is 4. The van der Waals surface area contributed by atoms with Crippen LogP contribution < -0.4 is 4.74 Å². The lowest BCUT2D eigenvalue weighted by Gasteiger charge is -2.12. The summed E-state index contributed by atoms with van der Waals surface area (Å²) in [4.78, 5) is 8.97. The van der Waals surface area contributed by atoms with Crippen molar-refractivity contribution in [2.24, 2.45) is 0 Å². The van der Waals surface area contributed by atoms with Crippen LogP contribution in [0.2, 0.25) is 0 Å². The molecule has 0 amide bonds. The number of pyridine rings is 2. The Morgan fingerprint density at radius 3 is 2.30 bits per heavy atom. The number of nitrogens with zero attached hydrogens (tertiary/aromatic N) is 4. The van der Waals surface area contributed by atoms with Gasteiger partial charge in [-0.1, -0.05) is 25.1 Å². The van der Waals surface area contributed by atoms with Crippen molar-refractivity contribution in [2.45, 2.75) is 39.7 Å². The molecule has 0 saturated heterocycles. The maximum absolute atomic E-state index is 6.15. The van der Waals surface area contributed by atoms with Gasteiger partial charge in [-0.2, -0.15) is 5.10 Å². The first kappa shape index (κ1) is 19.8. The average molecular weight is 399 g/mol. The van der Waals surface area contributed by atoms with E-state index in [0.717, 1.165) is 48.4 Å². The summed E-state index contributed by atoms with van der Waals surface area (Å²) in [6.07, 6.45) is 10.5. The lowest BCUT2D eigenvalue weighted by atomic mass is 10.0. The van der Waals surface area contributed by atoms with E-state index in [1.54, 1.807) is 6.20 Å². The first-order chi connectivity index (χ1) is 14.8. The van der Waals surface area contributed by atoms with Gasteiger partial charge in [0.25, 0.3) is 0 Å². The lowest BCUT2D eigenvalue weighted by Crippen LogP contribution is -1.96. The highest BCUT2D eigenvalue weighted by Crippen LogP contribution is 2.33. The maximum atomic E-state index is 6.15. The monoisotopic (exact) mass is 398 g/mol. The molecule has 0 aliphatic heterocycles. The van der Waals surface area contributed by atoms with Crippen molar-refractivity contribution in [2.75, 3.05) is 0 Å². The van der Waals surface area contributed by atoms with Gasteiger partial charge in [0.05, 0.1) is 6.20 Å². The molecule has 152 valence electrons. The van der Waals surface area contributed by atoms with Crippen LogP contribution in [-0.4, -0.2) is 19.7 Å². The summed E-state index contributed by atoms with van der Waals surface area (Å²) in [6, 6.07) is 16.2. The van der Waals surface area contributed by atoms with E-state index < -0.39 is 0 Å². The van der Waals surface area contributed by atoms with Gasteiger partial charge in [0.15, 0.2) is 0 Å². The fraction of sp³-hybridized carbons (Fsp3) is 0.240. The standard InChI is InChI=1S/C25H26N4O/c1-3-24-22(7-5-15-26-24)23-8-6-16-27-25(23)30-21-13-11-19(12-14-21)9-10-20-17-28-29(4-2)18-20/h5-8,11-18H,3-4,9-10H2,1-2H3. The molecule has 1 aromatic carbocycles. The molecule has 5 nitrogen and oxygen atoms in total. The molecule has 3 aromatic heterocycles. The molecule has 30 heavy (non-hydrogen) atoms. The fourth-order valence-corrected chi connectivity index (χ4v) is 3.47. The second kappa shape index (κ2) is 9.35. The number of hydrogen-bond acceptors (Lipinski definition) is 4. The van der Waals surface area contributed by atoms with Gasteiger partial charge < -0.3 is 4.74 Å². The molecule has 0 N–H and O–H groups in total. The zero-order valence-electron chi connectivity index (χ0n) is 17.5. The molecule has 0 spiro atoms. The van der Waals surface area contributed by atoms with Crippen LogP contribution in [0.3, 0.4) is 0 Å². The van der Waals surface area contributed by atoms with Crippen molar-refractivity contribution in [1.82, 2.24) is 19.7 Å². The van der Waals surface area contributed by atoms with Crippen molar-refractivity contribution in [3.8, 4) is 22.8 Å². The van der Waals surface area contributed by atoms with Crippen LogP contribution in [0.5, 0.6) is 11.6 Å². The van der Waals surface area contributed by atoms with Gasteiger partial charge >= 0.3 is 0 Å². The number of ether oxygens (including phenoxy) is 1. The number of rotatable bonds is 8. The largest absolute Gasteiger partial charge is 0.438 e. The molecule has 0 unspecified atom stereocenters. The zero-order valence-corrected chi connectivity index (χ0v) is 17.5. The minimum absolute atomic E-state index is 0.597. The molecule has 0 aliphatic rings. The molecule has 0 aliphatic carbocycles. The molecule has 0 saturated carbocycles. The Hall–Kier alpha value is -3.47. The minimum atomic E-state index is 0.597. The van der Waals surface area contributed by atoms with Gasteiger partial charge in [0.1, 0.15) is 5.75 Å². The van der Waals surface area contributed by atoms with E-state index in [2.05, 4.69) is 53.3 Å². The van der Waals surface area contributed by atoms with Crippen LogP contribution >= 0.6 is 0 Å². The Bertz CT molecular complexity index is 1100. The fourth-order valence-electron chi connectivity index (χ4n) is 3.47. The molecule has 0 radical (unpaired) electrons. The first-order valence-electron chi connectivity index (χ1n) is 10.4. The third-order valence-corrected chi connectivity index (χ3v) is 5.14. The van der Waals surface area contributed by atoms with Crippen molar-refractivity contribution in [3.05, 3.63) is 90.1 Å². The molecular formula is C25H26N4O. The Balaban J connectivity index is 1.47. The van der Waals surface area contributed by atoms with Gasteiger partial charge in [-0.25, -0.2) is 4.98 Å². The van der Waals surface area contributed by atoms with Crippen LogP contribution in [0.4, 0.5) is 0 Å². The van der Waals surface area contributed by atoms with Gasteiger partial charge in [-0.15, -0.1) is 0 Å². The van der Waals surface area contributed by atoms with E-state index in [0.29, 0.717) is 5.88 Å². The second-order valence-corrected chi connectivity index (χ2v) is 7.16. The van der Waals surface area contributed by atoms with Crippen molar-refractivity contribution < 1.29 is 4.74 Å². The van der Waals surface area contributed by atoms with Crippen molar-refractivity contribution in [3.63, 3.8) is 0 Å². The SMILES string of the molecule is CCc1ncccc1-c1cccnc1Oc1ccc(CCc2cnn(CC)c2)cc1. The number of hydrogen-bond donors (Lipinski definition) is 0. The highest BCUT2D eigenvalue weighted by molar-refractivity contribution is 5.70. The summed E-state index contributed by atoms with van der Waals surface area (Å²) >= 11 is 0. The Labute approximate surface area is 177 Å². The Morgan fingerprint density at radius 1 is 0.833 bits per heavy atom. The van der Waals surface area contributed by atoms with Crippen molar-refractivity contribution >= 4 is 0 Å². The molecule has 4 aromatic rings. The Morgan fingerprint density at radius 2 is 1.57 bits per heavy atom. The van der Waals surface area contributed by atoms with Gasteiger partial charge in [0.2, 0.25) is 5.88 Å². The number of benzene rings is 1. The summed E-state index contributed by atoms with van der Waals surface area (Å²) in [7, 11) is 0. The number of aromatic nitrogens is 4. The topological polar surface area (TPSA) is 52.8 Å². The minimum Gasteiger partial charge on any atom is -0.438 e. The highest BCUT2D eigenvalue weighted by Gasteiger charge is 2.12. The van der Waals surface area contributed by atoms with Crippen LogP contribution in [0.25, 0.3) is 11.1 Å². The lowest BCUT2D eigenvalue weighted by molar-refractivity contribution is 0.464. The van der Waals surface area contributed by atoms with E-state index in [1.165, 1.54) is 11.1 Å². The summed E-state index contributed by atoms with van der Waals surface area (Å²) in [6.45, 7) is 5.11. The predicted octanol–water partition coefficient (Wildman–Crippen LogP) is 5.50. The van der Waals surface area contributed by atoms with Crippen LogP contribution in [0, 0.1) is 0 Å². The van der Waals surface area contributed by atoms with Crippen LogP contribution in [-0.2, 0) is 25.8 Å². The first-order valence-corrected chi connectivity index (χ1v) is 10.4. The Kier molecular flexibility index (Phi) is 6.18. The quantitative estimate of drug-likeness (QED) is 0.393. The van der Waals surface area contributed by atoms with Gasteiger partial charge in [-0.3, -0.25) is 9.67 Å². The highest BCUT2D eigenvalue weighted by atomic mass is 16.5. The normalized spacial score (nSPS) is 10.9. The molecule has 0 atom stereocenters. The molecule has 5 heteroatoms. The van der Waals surface area contributed by atoms with Crippen LogP contribution in [0.15, 0.2) is 73.3 Å². The summed E-state index contributed by atoms with van der Waals surface area (Å²) < 4.78 is 8.11.